The van der Waals surface area contributed by atoms with E-state index in [1.807, 2.05) is 37.3 Å². The van der Waals surface area contributed by atoms with E-state index in [1.54, 1.807) is 30.3 Å². The van der Waals surface area contributed by atoms with Crippen LogP contribution in [0.25, 0.3) is 10.9 Å². The highest BCUT2D eigenvalue weighted by molar-refractivity contribution is 7.89. The van der Waals surface area contributed by atoms with Crippen molar-refractivity contribution in [3.63, 3.8) is 0 Å². The van der Waals surface area contributed by atoms with Gasteiger partial charge in [-0.3, -0.25) is 9.78 Å². The van der Waals surface area contributed by atoms with Gasteiger partial charge in [0, 0.05) is 18.6 Å². The summed E-state index contributed by atoms with van der Waals surface area (Å²) in [4.78, 5) is 18.9. The second-order valence-electron chi connectivity index (χ2n) is 6.46. The molecule has 0 saturated carbocycles. The molecule has 1 atom stereocenters. The smallest absolute Gasteiger partial charge is 0.238 e. The van der Waals surface area contributed by atoms with Crippen LogP contribution in [0.1, 0.15) is 24.1 Å². The van der Waals surface area contributed by atoms with E-state index in [2.05, 4.69) is 4.98 Å². The van der Waals surface area contributed by atoms with E-state index < -0.39 is 10.0 Å². The Bertz CT molecular complexity index is 1070. The first kappa shape index (κ1) is 19.0. The molecule has 6 nitrogen and oxygen atoms in total. The molecule has 1 heterocycles. The van der Waals surface area contributed by atoms with Crippen LogP contribution >= 0.6 is 0 Å². The molecule has 0 bridgehead atoms. The number of rotatable bonds is 5. The van der Waals surface area contributed by atoms with Gasteiger partial charge in [0.15, 0.2) is 0 Å². The number of nitrogens with two attached hydrogens (primary N) is 1. The van der Waals surface area contributed by atoms with Crippen molar-refractivity contribution in [2.75, 3.05) is 7.05 Å². The van der Waals surface area contributed by atoms with Crippen molar-refractivity contribution in [1.82, 2.24) is 9.88 Å². The molecule has 0 spiro atoms. The zero-order valence-corrected chi connectivity index (χ0v) is 16.0. The van der Waals surface area contributed by atoms with E-state index >= 15 is 0 Å². The Morgan fingerprint density at radius 1 is 1.11 bits per heavy atom. The molecule has 2 aromatic carbocycles. The molecule has 0 aliphatic rings. The lowest BCUT2D eigenvalue weighted by Gasteiger charge is -2.25. The maximum Gasteiger partial charge on any atom is 0.238 e. The average molecular weight is 383 g/mol. The van der Waals surface area contributed by atoms with Gasteiger partial charge in [-0.2, -0.15) is 0 Å². The van der Waals surface area contributed by atoms with Crippen molar-refractivity contribution >= 4 is 26.8 Å². The van der Waals surface area contributed by atoms with Crippen LogP contribution in [0.3, 0.4) is 0 Å². The molecule has 2 N–H and O–H groups in total. The predicted molar refractivity (Wildman–Crippen MR) is 104 cm³/mol. The third-order valence-electron chi connectivity index (χ3n) is 4.72. The largest absolute Gasteiger partial charge is 0.339 e. The molecule has 3 aromatic rings. The Morgan fingerprint density at radius 2 is 1.78 bits per heavy atom. The summed E-state index contributed by atoms with van der Waals surface area (Å²) < 4.78 is 22.7. The van der Waals surface area contributed by atoms with E-state index in [9.17, 15) is 13.2 Å². The van der Waals surface area contributed by atoms with Gasteiger partial charge in [0.1, 0.15) is 0 Å². The Balaban J connectivity index is 1.78. The Kier molecular flexibility index (Phi) is 5.25. The van der Waals surface area contributed by atoms with Gasteiger partial charge in [-0.25, -0.2) is 13.6 Å². The lowest BCUT2D eigenvalue weighted by molar-refractivity contribution is -0.131. The van der Waals surface area contributed by atoms with Crippen molar-refractivity contribution in [1.29, 1.82) is 0 Å². The molecule has 1 unspecified atom stereocenters. The highest BCUT2D eigenvalue weighted by Gasteiger charge is 2.19. The maximum absolute atomic E-state index is 12.8. The fraction of sp³-hybridized carbons (Fsp3) is 0.200. The van der Waals surface area contributed by atoms with Gasteiger partial charge in [-0.05, 0) is 36.2 Å². The minimum absolute atomic E-state index is 0.0452. The second-order valence-corrected chi connectivity index (χ2v) is 8.03. The van der Waals surface area contributed by atoms with Gasteiger partial charge in [0.05, 0.1) is 22.9 Å². The standard InChI is InChI=1S/C20H21N3O3S/c1-14(15-8-10-18(11-9-15)27(21,25)26)23(2)19(24)13-17-6-3-5-16-7-4-12-22-20(16)17/h3-12,14H,13H2,1-2H3,(H2,21,25,26). The van der Waals surface area contributed by atoms with Gasteiger partial charge in [-0.15, -0.1) is 0 Å². The Morgan fingerprint density at radius 3 is 2.44 bits per heavy atom. The van der Waals surface area contributed by atoms with Crippen molar-refractivity contribution in [3.8, 4) is 0 Å². The number of benzene rings is 2. The summed E-state index contributed by atoms with van der Waals surface area (Å²) in [6.45, 7) is 1.89. The molecule has 7 heteroatoms. The lowest BCUT2D eigenvalue weighted by Crippen LogP contribution is -2.31. The number of para-hydroxylation sites is 1. The molecular formula is C20H21N3O3S. The molecule has 1 aromatic heterocycles. The fourth-order valence-electron chi connectivity index (χ4n) is 2.97. The van der Waals surface area contributed by atoms with E-state index in [1.165, 1.54) is 12.1 Å². The quantitative estimate of drug-likeness (QED) is 0.733. The van der Waals surface area contributed by atoms with Crippen LogP contribution in [-0.2, 0) is 21.2 Å². The van der Waals surface area contributed by atoms with Crippen LogP contribution in [-0.4, -0.2) is 31.3 Å². The van der Waals surface area contributed by atoms with Crippen LogP contribution in [0, 0.1) is 0 Å². The number of carbonyl (C=O) groups excluding carboxylic acids is 1. The highest BCUT2D eigenvalue weighted by Crippen LogP contribution is 2.22. The SMILES string of the molecule is CC(c1ccc(S(N)(=O)=O)cc1)N(C)C(=O)Cc1cccc2cccnc12. The summed E-state index contributed by atoms with van der Waals surface area (Å²) in [7, 11) is -2.00. The summed E-state index contributed by atoms with van der Waals surface area (Å²) in [5.74, 6) is -0.0452. The van der Waals surface area contributed by atoms with Crippen LogP contribution in [0.2, 0.25) is 0 Å². The molecule has 0 saturated heterocycles. The van der Waals surface area contributed by atoms with E-state index in [0.29, 0.717) is 0 Å². The lowest BCUT2D eigenvalue weighted by atomic mass is 10.0. The first-order valence-corrected chi connectivity index (χ1v) is 10.0. The number of pyridine rings is 1. The van der Waals surface area contributed by atoms with Crippen LogP contribution in [0.5, 0.6) is 0 Å². The summed E-state index contributed by atoms with van der Waals surface area (Å²) in [6, 6.07) is 15.7. The molecule has 3 rings (SSSR count). The van der Waals surface area contributed by atoms with E-state index in [0.717, 1.165) is 22.0 Å². The number of carbonyl (C=O) groups is 1. The van der Waals surface area contributed by atoms with Gasteiger partial charge < -0.3 is 4.90 Å². The first-order valence-electron chi connectivity index (χ1n) is 8.48. The summed E-state index contributed by atoms with van der Waals surface area (Å²) in [5, 5.41) is 6.12. The molecule has 0 aliphatic heterocycles. The summed E-state index contributed by atoms with van der Waals surface area (Å²) >= 11 is 0. The zero-order chi connectivity index (χ0) is 19.6. The summed E-state index contributed by atoms with van der Waals surface area (Å²) in [5.41, 5.74) is 2.53. The van der Waals surface area contributed by atoms with E-state index in [-0.39, 0.29) is 23.3 Å². The number of nitrogens with zero attached hydrogens (tertiary/aromatic N) is 2. The molecule has 27 heavy (non-hydrogen) atoms. The topological polar surface area (TPSA) is 93.4 Å². The number of fused-ring (bicyclic) bond motifs is 1. The predicted octanol–water partition coefficient (Wildman–Crippen LogP) is 2.64. The monoisotopic (exact) mass is 383 g/mol. The molecule has 0 aliphatic carbocycles. The normalized spacial score (nSPS) is 12.7. The second kappa shape index (κ2) is 7.46. The Labute approximate surface area is 158 Å². The summed E-state index contributed by atoms with van der Waals surface area (Å²) in [6.07, 6.45) is 1.96. The minimum atomic E-state index is -3.73. The fourth-order valence-corrected chi connectivity index (χ4v) is 3.49. The number of hydrogen-bond acceptors (Lipinski definition) is 4. The zero-order valence-electron chi connectivity index (χ0n) is 15.2. The van der Waals surface area contributed by atoms with Gasteiger partial charge in [0.25, 0.3) is 0 Å². The number of aromatic nitrogens is 1. The van der Waals surface area contributed by atoms with Gasteiger partial charge in [0.2, 0.25) is 15.9 Å². The molecule has 140 valence electrons. The van der Waals surface area contributed by atoms with Crippen molar-refractivity contribution in [2.24, 2.45) is 5.14 Å². The number of hydrogen-bond donors (Lipinski definition) is 1. The Hall–Kier alpha value is -2.77. The molecular weight excluding hydrogens is 362 g/mol. The van der Waals surface area contributed by atoms with Gasteiger partial charge in [-0.1, -0.05) is 36.4 Å². The first-order chi connectivity index (χ1) is 12.8. The third-order valence-corrected chi connectivity index (χ3v) is 5.65. The van der Waals surface area contributed by atoms with Crippen LogP contribution in [0.15, 0.2) is 65.7 Å². The average Bonchev–Trinajstić information content (AvgIpc) is 2.66. The molecule has 1 amide bonds. The van der Waals surface area contributed by atoms with E-state index in [4.69, 9.17) is 5.14 Å². The number of primary sulfonamides is 1. The van der Waals surface area contributed by atoms with Crippen LogP contribution < -0.4 is 5.14 Å². The highest BCUT2D eigenvalue weighted by atomic mass is 32.2. The van der Waals surface area contributed by atoms with Gasteiger partial charge >= 0.3 is 0 Å². The maximum atomic E-state index is 12.8. The molecule has 0 fully saturated rings. The third kappa shape index (κ3) is 4.15. The minimum Gasteiger partial charge on any atom is -0.339 e. The van der Waals surface area contributed by atoms with Crippen molar-refractivity contribution in [3.05, 3.63) is 71.9 Å². The van der Waals surface area contributed by atoms with Crippen LogP contribution in [0.4, 0.5) is 0 Å². The number of likely N-dealkylation sites (N-methyl/N-ethyl adjacent to an activating group) is 1. The number of sulfonamides is 1. The number of amides is 1. The molecule has 0 radical (unpaired) electrons. The van der Waals surface area contributed by atoms with Crippen molar-refractivity contribution in [2.45, 2.75) is 24.3 Å². The van der Waals surface area contributed by atoms with Crippen molar-refractivity contribution < 1.29 is 13.2 Å².